The fourth-order valence-corrected chi connectivity index (χ4v) is 5.96. The van der Waals surface area contributed by atoms with E-state index in [4.69, 9.17) is 0 Å². The summed E-state index contributed by atoms with van der Waals surface area (Å²) in [6, 6.07) is 16.4. The summed E-state index contributed by atoms with van der Waals surface area (Å²) in [4.78, 5) is 17.2. The van der Waals surface area contributed by atoms with Gasteiger partial charge in [-0.25, -0.2) is 18.2 Å². The summed E-state index contributed by atoms with van der Waals surface area (Å²) < 4.78 is 42.4. The first-order chi connectivity index (χ1) is 16.9. The van der Waals surface area contributed by atoms with Gasteiger partial charge in [0.15, 0.2) is 11.6 Å². The van der Waals surface area contributed by atoms with Gasteiger partial charge in [0.25, 0.3) is 0 Å². The molecule has 2 saturated carbocycles. The predicted molar refractivity (Wildman–Crippen MR) is 128 cm³/mol. The summed E-state index contributed by atoms with van der Waals surface area (Å²) in [7, 11) is 0. The molecule has 1 amide bonds. The van der Waals surface area contributed by atoms with Crippen molar-refractivity contribution in [1.82, 2.24) is 9.55 Å². The van der Waals surface area contributed by atoms with Crippen LogP contribution in [0.2, 0.25) is 0 Å². The molecule has 0 saturated heterocycles. The number of rotatable bonds is 5. The van der Waals surface area contributed by atoms with E-state index < -0.39 is 11.6 Å². The molecular formula is C28H24F3N3O. The largest absolute Gasteiger partial charge is 0.327 e. The summed E-state index contributed by atoms with van der Waals surface area (Å²) in [6.45, 7) is 1.98. The molecule has 4 nitrogen and oxygen atoms in total. The van der Waals surface area contributed by atoms with Gasteiger partial charge in [-0.1, -0.05) is 31.2 Å². The molecule has 4 aromatic rings. The molecule has 0 bridgehead atoms. The molecule has 1 N–H and O–H groups in total. The van der Waals surface area contributed by atoms with Gasteiger partial charge in [-0.2, -0.15) is 0 Å². The standard InChI is InChI=1S/C28H24F3N3O/c1-15(28(35)33-19-8-4-17(5-9-19)16-2-6-18(29)7-3-16)27-21-10-20(11-22(21)27)34-14-32-25-12-23(30)24(31)13-26(25)34/h2-9,12-15,20-22,27H,10-11H2,1H3,(H,33,35)/t15-,20?,21-,22+,27?/m0/s1. The second kappa shape index (κ2) is 8.26. The van der Waals surface area contributed by atoms with Crippen LogP contribution in [0.15, 0.2) is 67.0 Å². The lowest BCUT2D eigenvalue weighted by molar-refractivity contribution is -0.120. The van der Waals surface area contributed by atoms with Crippen molar-refractivity contribution in [3.05, 3.63) is 84.4 Å². The summed E-state index contributed by atoms with van der Waals surface area (Å²) in [5, 5.41) is 3.02. The number of aromatic nitrogens is 2. The third-order valence-corrected chi connectivity index (χ3v) is 7.82. The van der Waals surface area contributed by atoms with Crippen molar-refractivity contribution in [3.63, 3.8) is 0 Å². The molecule has 6 rings (SSSR count). The van der Waals surface area contributed by atoms with E-state index in [0.29, 0.717) is 28.8 Å². The van der Waals surface area contributed by atoms with Gasteiger partial charge in [0.2, 0.25) is 5.91 Å². The van der Waals surface area contributed by atoms with Gasteiger partial charge < -0.3 is 9.88 Å². The molecule has 3 aromatic carbocycles. The Morgan fingerprint density at radius 1 is 0.943 bits per heavy atom. The zero-order valence-electron chi connectivity index (χ0n) is 19.1. The minimum atomic E-state index is -0.887. The van der Waals surface area contributed by atoms with Gasteiger partial charge in [0, 0.05) is 29.8 Å². The lowest BCUT2D eigenvalue weighted by Gasteiger charge is -2.20. The van der Waals surface area contributed by atoms with Crippen molar-refractivity contribution >= 4 is 22.6 Å². The molecule has 7 heteroatoms. The van der Waals surface area contributed by atoms with Gasteiger partial charge in [0.05, 0.1) is 17.4 Å². The topological polar surface area (TPSA) is 46.9 Å². The third kappa shape index (κ3) is 3.89. The first-order valence-electron chi connectivity index (χ1n) is 11.9. The maximum Gasteiger partial charge on any atom is 0.227 e. The van der Waals surface area contributed by atoms with Crippen molar-refractivity contribution in [3.8, 4) is 11.1 Å². The zero-order valence-corrected chi connectivity index (χ0v) is 19.1. The highest BCUT2D eigenvalue weighted by Crippen LogP contribution is 2.64. The van der Waals surface area contributed by atoms with Crippen LogP contribution in [0.4, 0.5) is 18.9 Å². The van der Waals surface area contributed by atoms with Crippen molar-refractivity contribution in [2.45, 2.75) is 25.8 Å². The Morgan fingerprint density at radius 2 is 1.54 bits per heavy atom. The lowest BCUT2D eigenvalue weighted by Crippen LogP contribution is -2.24. The van der Waals surface area contributed by atoms with Crippen LogP contribution < -0.4 is 5.32 Å². The number of carbonyl (C=O) groups excluding carboxylic acids is 1. The summed E-state index contributed by atoms with van der Waals surface area (Å²) in [6.07, 6.45) is 3.48. The fourth-order valence-electron chi connectivity index (χ4n) is 5.96. The molecule has 1 aromatic heterocycles. The second-order valence-electron chi connectivity index (χ2n) is 9.80. The minimum absolute atomic E-state index is 0.00103. The van der Waals surface area contributed by atoms with Gasteiger partial charge in [0.1, 0.15) is 5.82 Å². The number of imidazole rings is 1. The van der Waals surface area contributed by atoms with Crippen LogP contribution >= 0.6 is 0 Å². The van der Waals surface area contributed by atoms with E-state index in [-0.39, 0.29) is 23.7 Å². The Bertz CT molecular complexity index is 1400. The third-order valence-electron chi connectivity index (χ3n) is 7.82. The number of hydrogen-bond acceptors (Lipinski definition) is 2. The van der Waals surface area contributed by atoms with Crippen LogP contribution in [-0.4, -0.2) is 15.5 Å². The molecular weight excluding hydrogens is 451 g/mol. The molecule has 2 aliphatic rings. The van der Waals surface area contributed by atoms with Gasteiger partial charge in [-0.05, 0) is 66.0 Å². The van der Waals surface area contributed by atoms with Crippen LogP contribution in [0.25, 0.3) is 22.2 Å². The first kappa shape index (κ1) is 21.9. The molecule has 1 heterocycles. The number of halogens is 3. The quantitative estimate of drug-likeness (QED) is 0.354. The lowest BCUT2D eigenvalue weighted by atomic mass is 9.96. The number of carbonyl (C=O) groups is 1. The molecule has 178 valence electrons. The Labute approximate surface area is 200 Å². The Kier molecular flexibility index (Phi) is 5.16. The highest BCUT2D eigenvalue weighted by Gasteiger charge is 2.59. The van der Waals surface area contributed by atoms with Crippen LogP contribution in [0, 0.1) is 41.1 Å². The molecule has 2 aliphatic carbocycles. The number of anilines is 1. The van der Waals surface area contributed by atoms with Crippen LogP contribution in [0.1, 0.15) is 25.8 Å². The fraction of sp³-hybridized carbons (Fsp3) is 0.286. The number of nitrogens with one attached hydrogen (secondary N) is 1. The normalized spacial score (nSPS) is 23.8. The first-order valence-corrected chi connectivity index (χ1v) is 11.9. The van der Waals surface area contributed by atoms with E-state index in [1.807, 2.05) is 35.8 Å². The summed E-state index contributed by atoms with van der Waals surface area (Å²) in [5.74, 6) is -0.916. The van der Waals surface area contributed by atoms with Crippen LogP contribution in [0.5, 0.6) is 0 Å². The maximum atomic E-state index is 13.8. The average molecular weight is 476 g/mol. The summed E-state index contributed by atoms with van der Waals surface area (Å²) >= 11 is 0. The smallest absolute Gasteiger partial charge is 0.227 e. The zero-order chi connectivity index (χ0) is 24.3. The molecule has 2 unspecified atom stereocenters. The van der Waals surface area contributed by atoms with Crippen LogP contribution in [0.3, 0.4) is 0 Å². The predicted octanol–water partition coefficient (Wildman–Crippen LogP) is 6.59. The number of benzene rings is 3. The van der Waals surface area contributed by atoms with E-state index >= 15 is 0 Å². The molecule has 0 radical (unpaired) electrons. The number of hydrogen-bond donors (Lipinski definition) is 1. The van der Waals surface area contributed by atoms with Crippen LogP contribution in [-0.2, 0) is 4.79 Å². The molecule has 35 heavy (non-hydrogen) atoms. The van der Waals surface area contributed by atoms with E-state index in [9.17, 15) is 18.0 Å². The number of nitrogens with zero attached hydrogens (tertiary/aromatic N) is 2. The Balaban J connectivity index is 1.08. The summed E-state index contributed by atoms with van der Waals surface area (Å²) in [5.41, 5.74) is 3.67. The Hall–Kier alpha value is -3.61. The van der Waals surface area contributed by atoms with E-state index in [1.165, 1.54) is 18.2 Å². The van der Waals surface area contributed by atoms with Crippen molar-refractivity contribution < 1.29 is 18.0 Å². The minimum Gasteiger partial charge on any atom is -0.327 e. The highest BCUT2D eigenvalue weighted by atomic mass is 19.2. The number of fused-ring (bicyclic) bond motifs is 2. The molecule has 2 fully saturated rings. The van der Waals surface area contributed by atoms with E-state index in [2.05, 4.69) is 10.3 Å². The van der Waals surface area contributed by atoms with Gasteiger partial charge in [-0.3, -0.25) is 4.79 Å². The Morgan fingerprint density at radius 3 is 2.20 bits per heavy atom. The van der Waals surface area contributed by atoms with Crippen molar-refractivity contribution in [1.29, 1.82) is 0 Å². The maximum absolute atomic E-state index is 13.8. The average Bonchev–Trinajstić information content (AvgIpc) is 3.15. The number of amides is 1. The van der Waals surface area contributed by atoms with Gasteiger partial charge in [-0.15, -0.1) is 0 Å². The van der Waals surface area contributed by atoms with Crippen molar-refractivity contribution in [2.75, 3.05) is 5.32 Å². The highest BCUT2D eigenvalue weighted by molar-refractivity contribution is 5.93. The molecule has 0 aliphatic heterocycles. The second-order valence-corrected chi connectivity index (χ2v) is 9.80. The molecule has 0 spiro atoms. The van der Waals surface area contributed by atoms with E-state index in [0.717, 1.165) is 35.7 Å². The van der Waals surface area contributed by atoms with Gasteiger partial charge >= 0.3 is 0 Å². The van der Waals surface area contributed by atoms with Crippen molar-refractivity contribution in [2.24, 2.45) is 23.7 Å². The monoisotopic (exact) mass is 475 g/mol. The molecule has 5 atom stereocenters. The SMILES string of the molecule is C[C@H](C(=O)Nc1ccc(-c2ccc(F)cc2)cc1)C1[C@H]2CC(n3cnc4cc(F)c(F)cc43)C[C@@H]12. The van der Waals surface area contributed by atoms with E-state index in [1.54, 1.807) is 18.5 Å².